The second kappa shape index (κ2) is 6.62. The molecule has 0 radical (unpaired) electrons. The summed E-state index contributed by atoms with van der Waals surface area (Å²) in [6.45, 7) is 1.72. The smallest absolute Gasteiger partial charge is 0.335 e. The number of carboxylic acid groups (broad SMARTS) is 1. The summed E-state index contributed by atoms with van der Waals surface area (Å²) in [4.78, 5) is 34.7. The van der Waals surface area contributed by atoms with Crippen molar-refractivity contribution in [3.63, 3.8) is 0 Å². The lowest BCUT2D eigenvalue weighted by atomic mass is 10.1. The van der Waals surface area contributed by atoms with E-state index in [1.807, 2.05) is 0 Å². The number of hydrogen-bond acceptors (Lipinski definition) is 4. The summed E-state index contributed by atoms with van der Waals surface area (Å²) in [5.41, 5.74) is 0.881. The molecule has 0 bridgehead atoms. The van der Waals surface area contributed by atoms with E-state index in [0.717, 1.165) is 12.8 Å². The zero-order valence-electron chi connectivity index (χ0n) is 11.5. The summed E-state index contributed by atoms with van der Waals surface area (Å²) in [6, 6.07) is 4.70. The maximum Gasteiger partial charge on any atom is 0.335 e. The number of nitrogens with one attached hydrogen (secondary N) is 2. The number of carbonyl (C=O) groups is 3. The van der Waals surface area contributed by atoms with Crippen LogP contribution in [0.2, 0.25) is 0 Å². The second-order valence-electron chi connectivity index (χ2n) is 4.87. The van der Waals surface area contributed by atoms with E-state index in [1.54, 1.807) is 19.1 Å². The van der Waals surface area contributed by atoms with Gasteiger partial charge in [-0.3, -0.25) is 10.1 Å². The monoisotopic (exact) mass is 308 g/mol. The van der Waals surface area contributed by atoms with Crippen molar-refractivity contribution in [1.29, 1.82) is 0 Å². The molecule has 7 heteroatoms. The number of thioether (sulfide) groups is 1. The highest BCUT2D eigenvalue weighted by Crippen LogP contribution is 2.21. The highest BCUT2D eigenvalue weighted by molar-refractivity contribution is 8.00. The standard InChI is InChI=1S/C14H16N2O4S/c1-8-2-5-10(6-11(8)13(18)19)21-7-12(17)16-14(20)15-9-3-4-9/h2,5-6,9H,3-4,7H2,1H3,(H,18,19)(H2,15,16,17,20). The molecule has 0 spiro atoms. The molecule has 21 heavy (non-hydrogen) atoms. The van der Waals surface area contributed by atoms with E-state index in [9.17, 15) is 14.4 Å². The Balaban J connectivity index is 1.84. The average molecular weight is 308 g/mol. The van der Waals surface area contributed by atoms with Crippen molar-refractivity contribution in [3.05, 3.63) is 29.3 Å². The molecule has 1 fully saturated rings. The zero-order chi connectivity index (χ0) is 15.4. The van der Waals surface area contributed by atoms with Gasteiger partial charge in [0.15, 0.2) is 0 Å². The van der Waals surface area contributed by atoms with E-state index in [1.165, 1.54) is 17.8 Å². The van der Waals surface area contributed by atoms with Gasteiger partial charge in [0.1, 0.15) is 0 Å². The molecule has 0 aliphatic heterocycles. The van der Waals surface area contributed by atoms with Crippen LogP contribution in [0.4, 0.5) is 4.79 Å². The quantitative estimate of drug-likeness (QED) is 0.721. The van der Waals surface area contributed by atoms with Crippen LogP contribution in [0.1, 0.15) is 28.8 Å². The number of carbonyl (C=O) groups excluding carboxylic acids is 2. The number of imide groups is 1. The molecule has 112 valence electrons. The first-order valence-electron chi connectivity index (χ1n) is 6.53. The van der Waals surface area contributed by atoms with Crippen LogP contribution < -0.4 is 10.6 Å². The van der Waals surface area contributed by atoms with E-state index < -0.39 is 17.9 Å². The molecule has 2 rings (SSSR count). The third-order valence-corrected chi connectivity index (χ3v) is 3.97. The highest BCUT2D eigenvalue weighted by Gasteiger charge is 2.23. The molecule has 3 N–H and O–H groups in total. The summed E-state index contributed by atoms with van der Waals surface area (Å²) < 4.78 is 0. The maximum atomic E-state index is 11.6. The molecule has 1 saturated carbocycles. The van der Waals surface area contributed by atoms with Crippen LogP contribution in [0.25, 0.3) is 0 Å². The van der Waals surface area contributed by atoms with Crippen molar-refractivity contribution in [2.24, 2.45) is 0 Å². The summed E-state index contributed by atoms with van der Waals surface area (Å²) in [7, 11) is 0. The van der Waals surface area contributed by atoms with E-state index in [2.05, 4.69) is 10.6 Å². The summed E-state index contributed by atoms with van der Waals surface area (Å²) in [6.07, 6.45) is 1.91. The first kappa shape index (κ1) is 15.4. The molecule has 0 atom stereocenters. The lowest BCUT2D eigenvalue weighted by Crippen LogP contribution is -2.41. The predicted molar refractivity (Wildman–Crippen MR) is 78.6 cm³/mol. The number of carboxylic acids is 1. The molecular weight excluding hydrogens is 292 g/mol. The molecule has 1 aliphatic carbocycles. The molecule has 3 amide bonds. The number of amides is 3. The van der Waals surface area contributed by atoms with Gasteiger partial charge in [-0.25, -0.2) is 9.59 Å². The van der Waals surface area contributed by atoms with Crippen molar-refractivity contribution in [2.75, 3.05) is 5.75 Å². The SMILES string of the molecule is Cc1ccc(SCC(=O)NC(=O)NC2CC2)cc1C(=O)O. The van der Waals surface area contributed by atoms with Gasteiger partial charge in [-0.1, -0.05) is 6.07 Å². The lowest BCUT2D eigenvalue weighted by molar-refractivity contribution is -0.117. The number of rotatable bonds is 5. The van der Waals surface area contributed by atoms with Crippen LogP contribution in [0.15, 0.2) is 23.1 Å². The fourth-order valence-electron chi connectivity index (χ4n) is 1.68. The fraction of sp³-hybridized carbons (Fsp3) is 0.357. The third-order valence-electron chi connectivity index (χ3n) is 2.97. The lowest BCUT2D eigenvalue weighted by Gasteiger charge is -2.07. The van der Waals surface area contributed by atoms with Crippen molar-refractivity contribution in [3.8, 4) is 0 Å². The van der Waals surface area contributed by atoms with E-state index in [4.69, 9.17) is 5.11 Å². The molecule has 0 saturated heterocycles. The molecule has 1 aliphatic rings. The van der Waals surface area contributed by atoms with Gasteiger partial charge in [0, 0.05) is 10.9 Å². The van der Waals surface area contributed by atoms with Crippen molar-refractivity contribution in [1.82, 2.24) is 10.6 Å². The molecule has 0 aromatic heterocycles. The zero-order valence-corrected chi connectivity index (χ0v) is 12.3. The number of hydrogen-bond donors (Lipinski definition) is 3. The van der Waals surface area contributed by atoms with Crippen LogP contribution in [0.3, 0.4) is 0 Å². The van der Waals surface area contributed by atoms with Crippen molar-refractivity contribution < 1.29 is 19.5 Å². The van der Waals surface area contributed by atoms with Gasteiger partial charge in [-0.2, -0.15) is 0 Å². The molecule has 6 nitrogen and oxygen atoms in total. The highest BCUT2D eigenvalue weighted by atomic mass is 32.2. The van der Waals surface area contributed by atoms with Crippen molar-refractivity contribution >= 4 is 29.7 Å². The predicted octanol–water partition coefficient (Wildman–Crippen LogP) is 1.77. The van der Waals surface area contributed by atoms with Crippen LogP contribution in [0.5, 0.6) is 0 Å². The maximum absolute atomic E-state index is 11.6. The Labute approximate surface area is 126 Å². The van der Waals surface area contributed by atoms with Gasteiger partial charge in [-0.05, 0) is 37.5 Å². The second-order valence-corrected chi connectivity index (χ2v) is 5.92. The Morgan fingerprint density at radius 1 is 1.33 bits per heavy atom. The third kappa shape index (κ3) is 4.78. The van der Waals surface area contributed by atoms with Gasteiger partial charge >= 0.3 is 12.0 Å². The van der Waals surface area contributed by atoms with Gasteiger partial charge in [0.05, 0.1) is 11.3 Å². The molecule has 1 aromatic rings. The minimum Gasteiger partial charge on any atom is -0.478 e. The summed E-state index contributed by atoms with van der Waals surface area (Å²) in [5, 5.41) is 13.9. The average Bonchev–Trinajstić information content (AvgIpc) is 3.21. The molecule has 0 unspecified atom stereocenters. The largest absolute Gasteiger partial charge is 0.478 e. The fourth-order valence-corrected chi connectivity index (χ4v) is 2.42. The Bertz CT molecular complexity index is 584. The van der Waals surface area contributed by atoms with Crippen LogP contribution in [-0.4, -0.2) is 34.8 Å². The van der Waals surface area contributed by atoms with Crippen LogP contribution in [0, 0.1) is 6.92 Å². The van der Waals surface area contributed by atoms with E-state index >= 15 is 0 Å². The number of benzene rings is 1. The topological polar surface area (TPSA) is 95.5 Å². The Morgan fingerprint density at radius 2 is 2.05 bits per heavy atom. The minimum absolute atomic E-state index is 0.0558. The van der Waals surface area contributed by atoms with Gasteiger partial charge in [0.2, 0.25) is 5.91 Å². The number of aromatic carboxylic acids is 1. The van der Waals surface area contributed by atoms with Gasteiger partial charge in [-0.15, -0.1) is 11.8 Å². The molecule has 1 aromatic carbocycles. The first-order chi connectivity index (χ1) is 9.95. The van der Waals surface area contributed by atoms with Crippen LogP contribution >= 0.6 is 11.8 Å². The summed E-state index contributed by atoms with van der Waals surface area (Å²) >= 11 is 1.19. The minimum atomic E-state index is -0.997. The Kier molecular flexibility index (Phi) is 4.85. The van der Waals surface area contributed by atoms with Crippen molar-refractivity contribution in [2.45, 2.75) is 30.7 Å². The van der Waals surface area contributed by atoms with Gasteiger partial charge < -0.3 is 10.4 Å². The summed E-state index contributed by atoms with van der Waals surface area (Å²) in [5.74, 6) is -1.35. The first-order valence-corrected chi connectivity index (χ1v) is 7.51. The van der Waals surface area contributed by atoms with Gasteiger partial charge in [0.25, 0.3) is 0 Å². The molecule has 0 heterocycles. The Morgan fingerprint density at radius 3 is 2.67 bits per heavy atom. The molecular formula is C14H16N2O4S. The van der Waals surface area contributed by atoms with E-state index in [0.29, 0.717) is 10.5 Å². The van der Waals surface area contributed by atoms with E-state index in [-0.39, 0.29) is 17.4 Å². The van der Waals surface area contributed by atoms with Crippen LogP contribution in [-0.2, 0) is 4.79 Å². The Hall–Kier alpha value is -2.02. The number of urea groups is 1. The normalized spacial score (nSPS) is 13.6. The number of aryl methyl sites for hydroxylation is 1.